The van der Waals surface area contributed by atoms with Gasteiger partial charge in [-0.05, 0) is 0 Å². The van der Waals surface area contributed by atoms with Crippen molar-refractivity contribution in [2.24, 2.45) is 0 Å². The molecule has 3 heterocycles. The first-order valence-corrected chi connectivity index (χ1v) is 16.4. The van der Waals surface area contributed by atoms with Gasteiger partial charge in [-0.1, -0.05) is 0 Å². The first kappa shape index (κ1) is 52.3. The Morgan fingerprint density at radius 1 is 0.269 bits per heavy atom. The van der Waals surface area contributed by atoms with Crippen LogP contribution in [0.2, 0.25) is 0 Å². The van der Waals surface area contributed by atoms with E-state index in [4.69, 9.17) is 23.7 Å². The lowest BCUT2D eigenvalue weighted by atomic mass is 9.95. The zero-order valence-corrected chi connectivity index (χ0v) is 31.2. The van der Waals surface area contributed by atoms with Gasteiger partial charge in [-0.15, -0.1) is 111 Å². The van der Waals surface area contributed by atoms with E-state index in [0.29, 0.717) is 0 Å². The quantitative estimate of drug-likeness (QED) is 0.0499. The molecule has 3 aliphatic heterocycles. The van der Waals surface area contributed by atoms with E-state index in [9.17, 15) is 111 Å². The van der Waals surface area contributed by atoms with Gasteiger partial charge in [-0.3, -0.25) is 4.84 Å². The molecule has 0 radical (unpaired) electrons. The Bertz CT molecular complexity index is 1880. The second kappa shape index (κ2) is 23.1. The summed E-state index contributed by atoms with van der Waals surface area (Å²) in [5.41, 5.74) is 0. The van der Waals surface area contributed by atoms with E-state index in [1.54, 1.807) is 0 Å². The van der Waals surface area contributed by atoms with Crippen molar-refractivity contribution in [2.75, 3.05) is 19.8 Å². The predicted molar refractivity (Wildman–Crippen MR) is 166 cm³/mol. The maximum Gasteiger partial charge on any atom is 0.297 e. The predicted octanol–water partition coefficient (Wildman–Crippen LogP) is -5.20. The highest BCUT2D eigenvalue weighted by Crippen LogP contribution is 2.38. The molecule has 49 heteroatoms. The maximum atomic E-state index is 11.9. The Kier molecular flexibility index (Phi) is 18.0. The van der Waals surface area contributed by atoms with Crippen LogP contribution in [-0.4, -0.2) is 168 Å². The second-order valence-electron chi connectivity index (χ2n) is 11.8. The second-order valence-corrected chi connectivity index (χ2v) is 11.8. The van der Waals surface area contributed by atoms with Crippen LogP contribution in [0.4, 0.5) is 0 Å². The first-order chi connectivity index (χ1) is 31.3. The van der Waals surface area contributed by atoms with Gasteiger partial charge < -0.3 is 72.1 Å². The Morgan fingerprint density at radius 3 is 0.776 bits per heavy atom. The molecule has 0 N–H and O–H groups in total. The van der Waals surface area contributed by atoms with Crippen molar-refractivity contribution in [3.8, 4) is 0 Å². The molecule has 3 aliphatic rings. The van der Waals surface area contributed by atoms with Crippen LogP contribution in [0.1, 0.15) is 0 Å². The lowest BCUT2D eigenvalue weighted by Crippen LogP contribution is -2.69. The topological polar surface area (TPSA) is 622 Å². The molecule has 15 atom stereocenters. The van der Waals surface area contributed by atoms with E-state index in [0.717, 1.165) is 0 Å². The summed E-state index contributed by atoms with van der Waals surface area (Å²) in [5.74, 6) is 0. The molecular formula is C18H21N11O38. The Hall–Kier alpha value is -9.00. The van der Waals surface area contributed by atoms with Gasteiger partial charge in [0.05, 0.1) is 0 Å². The zero-order chi connectivity index (χ0) is 50.4. The number of rotatable bonds is 29. The highest BCUT2D eigenvalue weighted by atomic mass is 17.0. The fourth-order valence-corrected chi connectivity index (χ4v) is 5.99. The summed E-state index contributed by atoms with van der Waals surface area (Å²) in [6.45, 7) is -5.01. The molecule has 0 amide bonds. The highest BCUT2D eigenvalue weighted by molar-refractivity contribution is 4.98. The normalized spacial score (nSPS) is 31.1. The van der Waals surface area contributed by atoms with E-state index < -0.39 is 168 Å². The SMILES string of the molecule is O=[N+]([O-])OCC1OC(OC2C(CO[N+](=O)[O-])OC(O[N+](=O)[O-])C(O[N+](=O)[O-])C2O[N+](=O)[O-])C(O[N+](=O)[O-])C(O[N+](=O)[O-])C1OC1OC(CO[N+](=O)[O-])C(O[N+](=O)[O-])C(O[N+](=O)[O-])C1O[N+](=O)[O-]. The van der Waals surface area contributed by atoms with E-state index in [-0.39, 0.29) is 0 Å². The number of hydrogen-bond donors (Lipinski definition) is 0. The molecule has 3 rings (SSSR count). The molecular weight excluding hydrogens is 978 g/mol. The minimum Gasteiger partial charge on any atom is -0.343 e. The van der Waals surface area contributed by atoms with Gasteiger partial charge >= 0.3 is 0 Å². The van der Waals surface area contributed by atoms with E-state index in [2.05, 4.69) is 53.2 Å². The van der Waals surface area contributed by atoms with Gasteiger partial charge in [-0.25, -0.2) is 0 Å². The van der Waals surface area contributed by atoms with Crippen molar-refractivity contribution in [3.63, 3.8) is 0 Å². The molecule has 0 saturated carbocycles. The van der Waals surface area contributed by atoms with Crippen LogP contribution in [0, 0.1) is 111 Å². The van der Waals surface area contributed by atoms with E-state index in [1.807, 2.05) is 0 Å². The van der Waals surface area contributed by atoms with Crippen LogP contribution in [-0.2, 0) is 76.9 Å². The summed E-state index contributed by atoms with van der Waals surface area (Å²) in [6, 6.07) is 0. The fraction of sp³-hybridized carbons (Fsp3) is 1.00. The molecule has 0 aromatic rings. The van der Waals surface area contributed by atoms with Crippen molar-refractivity contribution in [3.05, 3.63) is 111 Å². The average molecular weight is 999 g/mol. The first-order valence-electron chi connectivity index (χ1n) is 16.4. The summed E-state index contributed by atoms with van der Waals surface area (Å²) >= 11 is 0. The lowest BCUT2D eigenvalue weighted by Gasteiger charge is -2.49. The van der Waals surface area contributed by atoms with Gasteiger partial charge in [0.25, 0.3) is 56.0 Å². The minimum absolute atomic E-state index is 1.61. The van der Waals surface area contributed by atoms with Crippen LogP contribution in [0.25, 0.3) is 0 Å². The van der Waals surface area contributed by atoms with Crippen molar-refractivity contribution >= 4 is 0 Å². The maximum absolute atomic E-state index is 11.9. The van der Waals surface area contributed by atoms with E-state index >= 15 is 0 Å². The summed E-state index contributed by atoms with van der Waals surface area (Å²) < 4.78 is 26.4. The third-order valence-corrected chi connectivity index (χ3v) is 8.03. The van der Waals surface area contributed by atoms with Crippen LogP contribution in [0.5, 0.6) is 0 Å². The molecule has 3 fully saturated rings. The minimum atomic E-state index is -3.13. The standard InChI is InChI=1S/C18H21N11O38/c30-19(31)52-1-4-7(58-17-14(65-27(46)47)12(63-25(42)43)9(60-22(36)37)6(56-17)3-54-21(34)35)10(61-23(38)39)13(64-26(44)45)16(55-4)59-8-5(2-53-20(32)33)57-18(67-29(50)51)15(66-28(48)49)11(8)62-24(40)41/h4-18H,1-3H2. The van der Waals surface area contributed by atoms with E-state index in [1.165, 1.54) is 0 Å². The summed E-state index contributed by atoms with van der Waals surface area (Å²) in [4.78, 5) is 172. The lowest BCUT2D eigenvalue weighted by molar-refractivity contribution is -0.831. The van der Waals surface area contributed by atoms with Gasteiger partial charge in [0.2, 0.25) is 6.29 Å². The molecule has 0 aromatic heterocycles. The Morgan fingerprint density at radius 2 is 0.493 bits per heavy atom. The highest BCUT2D eigenvalue weighted by Gasteiger charge is 2.60. The van der Waals surface area contributed by atoms with Crippen molar-refractivity contribution in [2.45, 2.75) is 92.1 Å². The third kappa shape index (κ3) is 15.3. The van der Waals surface area contributed by atoms with Crippen molar-refractivity contribution in [1.29, 1.82) is 0 Å². The number of nitrogens with zero attached hydrogens (tertiary/aromatic N) is 11. The van der Waals surface area contributed by atoms with Gasteiger partial charge in [-0.2, -0.15) is 0 Å². The van der Waals surface area contributed by atoms with Crippen LogP contribution >= 0.6 is 0 Å². The number of hydrogen-bond acceptors (Lipinski definition) is 38. The molecule has 67 heavy (non-hydrogen) atoms. The monoisotopic (exact) mass is 999 g/mol. The van der Waals surface area contributed by atoms with Crippen molar-refractivity contribution < 1.29 is 133 Å². The van der Waals surface area contributed by atoms with Gasteiger partial charge in [0, 0.05) is 0 Å². The van der Waals surface area contributed by atoms with Crippen molar-refractivity contribution in [1.82, 2.24) is 0 Å². The Balaban J connectivity index is 2.31. The molecule has 15 unspecified atom stereocenters. The number of ether oxygens (including phenoxy) is 5. The fourth-order valence-electron chi connectivity index (χ4n) is 5.99. The molecule has 0 aromatic carbocycles. The third-order valence-electron chi connectivity index (χ3n) is 8.03. The molecule has 376 valence electrons. The van der Waals surface area contributed by atoms with Crippen LogP contribution in [0.3, 0.4) is 0 Å². The smallest absolute Gasteiger partial charge is 0.297 e. The van der Waals surface area contributed by atoms with Gasteiger partial charge in [0.15, 0.2) is 55.3 Å². The summed E-state index contributed by atoms with van der Waals surface area (Å²) in [6.07, 6.45) is -43.3. The summed E-state index contributed by atoms with van der Waals surface area (Å²) in [5, 5.41) is 106. The summed E-state index contributed by atoms with van der Waals surface area (Å²) in [7, 11) is 0. The molecule has 3 saturated heterocycles. The molecule has 0 bridgehead atoms. The molecule has 49 nitrogen and oxygen atoms in total. The molecule has 0 spiro atoms. The van der Waals surface area contributed by atoms with Crippen LogP contribution < -0.4 is 0 Å². The Labute approximate surface area is 356 Å². The average Bonchev–Trinajstić information content (AvgIpc) is 3.17. The van der Waals surface area contributed by atoms with Gasteiger partial charge in [0.1, 0.15) is 50.3 Å². The largest absolute Gasteiger partial charge is 0.343 e. The zero-order valence-electron chi connectivity index (χ0n) is 31.2. The molecule has 0 aliphatic carbocycles. The van der Waals surface area contributed by atoms with Crippen LogP contribution in [0.15, 0.2) is 0 Å².